The van der Waals surface area contributed by atoms with E-state index in [4.69, 9.17) is 4.74 Å². The molecule has 0 aromatic carbocycles. The van der Waals surface area contributed by atoms with Crippen LogP contribution in [0, 0.1) is 5.41 Å². The van der Waals surface area contributed by atoms with Crippen molar-refractivity contribution in [3.05, 3.63) is 36.0 Å². The van der Waals surface area contributed by atoms with Crippen molar-refractivity contribution in [3.63, 3.8) is 0 Å². The average molecular weight is 278 g/mol. The zero-order chi connectivity index (χ0) is 15.6. The van der Waals surface area contributed by atoms with Crippen molar-refractivity contribution in [2.75, 3.05) is 0 Å². The van der Waals surface area contributed by atoms with Crippen LogP contribution in [0.5, 0.6) is 0 Å². The third-order valence-electron chi connectivity index (χ3n) is 3.79. The fourth-order valence-corrected chi connectivity index (χ4v) is 2.79. The molecule has 2 unspecified atom stereocenters. The Hall–Kier alpha value is -1.35. The Bertz CT molecular complexity index is 453. The van der Waals surface area contributed by atoms with Crippen molar-refractivity contribution in [2.45, 2.75) is 59.2 Å². The molecule has 0 fully saturated rings. The molecule has 1 aliphatic carbocycles. The van der Waals surface area contributed by atoms with Gasteiger partial charge in [0.15, 0.2) is 0 Å². The van der Waals surface area contributed by atoms with Crippen LogP contribution in [-0.2, 0) is 9.53 Å². The van der Waals surface area contributed by atoms with Gasteiger partial charge in [0.05, 0.1) is 5.60 Å². The number of hydrogen-bond acceptors (Lipinski definition) is 3. The molecular weight excluding hydrogens is 252 g/mol. The number of hydrogen-bond donors (Lipinski definition) is 1. The van der Waals surface area contributed by atoms with Gasteiger partial charge in [-0.1, -0.05) is 38.2 Å². The highest BCUT2D eigenvalue weighted by Gasteiger charge is 2.34. The number of carbonyl (C=O) groups excluding carboxylic acids is 1. The zero-order valence-electron chi connectivity index (χ0n) is 13.2. The summed E-state index contributed by atoms with van der Waals surface area (Å²) in [4.78, 5) is 11.1. The monoisotopic (exact) mass is 278 g/mol. The second-order valence-corrected chi connectivity index (χ2v) is 6.48. The van der Waals surface area contributed by atoms with Gasteiger partial charge in [0.25, 0.3) is 0 Å². The maximum absolute atomic E-state index is 11.1. The summed E-state index contributed by atoms with van der Waals surface area (Å²) >= 11 is 0. The maximum Gasteiger partial charge on any atom is 0.302 e. The molecule has 0 aromatic heterocycles. The summed E-state index contributed by atoms with van der Waals surface area (Å²) in [5.41, 5.74) is 1.30. The molecule has 3 nitrogen and oxygen atoms in total. The van der Waals surface area contributed by atoms with E-state index in [1.807, 2.05) is 6.08 Å². The molecule has 3 heteroatoms. The molecule has 0 amide bonds. The van der Waals surface area contributed by atoms with Gasteiger partial charge < -0.3 is 9.84 Å². The van der Waals surface area contributed by atoms with Crippen LogP contribution >= 0.6 is 0 Å². The van der Waals surface area contributed by atoms with Gasteiger partial charge in [-0.2, -0.15) is 0 Å². The first-order valence-corrected chi connectivity index (χ1v) is 7.00. The van der Waals surface area contributed by atoms with Gasteiger partial charge in [-0.15, -0.1) is 0 Å². The summed E-state index contributed by atoms with van der Waals surface area (Å²) < 4.78 is 5.35. The van der Waals surface area contributed by atoms with Crippen molar-refractivity contribution in [2.24, 2.45) is 5.41 Å². The number of rotatable bonds is 4. The number of esters is 1. The van der Waals surface area contributed by atoms with Gasteiger partial charge in [0.2, 0.25) is 0 Å². The number of carbonyl (C=O) groups is 1. The topological polar surface area (TPSA) is 46.5 Å². The summed E-state index contributed by atoms with van der Waals surface area (Å²) in [5.74, 6) is -0.229. The van der Waals surface area contributed by atoms with Gasteiger partial charge in [0.1, 0.15) is 6.10 Å². The number of aliphatic hydroxyl groups is 1. The molecule has 1 aliphatic rings. The highest BCUT2D eigenvalue weighted by molar-refractivity contribution is 5.66. The lowest BCUT2D eigenvalue weighted by molar-refractivity contribution is -0.147. The van der Waals surface area contributed by atoms with Crippen LogP contribution in [0.2, 0.25) is 0 Å². The lowest BCUT2D eigenvalue weighted by Crippen LogP contribution is -2.31. The van der Waals surface area contributed by atoms with Crippen LogP contribution in [-0.4, -0.2) is 22.8 Å². The predicted octanol–water partition coefficient (Wildman–Crippen LogP) is 3.55. The summed E-state index contributed by atoms with van der Waals surface area (Å²) in [6.07, 6.45) is 6.73. The summed E-state index contributed by atoms with van der Waals surface area (Å²) in [6.45, 7) is 13.1. The fourth-order valence-electron chi connectivity index (χ4n) is 2.79. The number of ether oxygens (including phenoxy) is 1. The minimum absolute atomic E-state index is 0.0560. The van der Waals surface area contributed by atoms with Gasteiger partial charge in [-0.25, -0.2) is 0 Å². The molecule has 0 saturated carbocycles. The Kier molecular flexibility index (Phi) is 4.98. The van der Waals surface area contributed by atoms with Crippen LogP contribution < -0.4 is 0 Å². The minimum Gasteiger partial charge on any atom is -0.462 e. The van der Waals surface area contributed by atoms with E-state index >= 15 is 0 Å². The predicted molar refractivity (Wildman–Crippen MR) is 81.2 cm³/mol. The molecule has 0 heterocycles. The van der Waals surface area contributed by atoms with E-state index in [2.05, 4.69) is 27.4 Å². The lowest BCUT2D eigenvalue weighted by Gasteiger charge is -2.37. The van der Waals surface area contributed by atoms with Crippen molar-refractivity contribution in [3.8, 4) is 0 Å². The molecule has 2 atom stereocenters. The molecule has 0 bridgehead atoms. The Morgan fingerprint density at radius 1 is 1.55 bits per heavy atom. The quantitative estimate of drug-likeness (QED) is 0.632. The van der Waals surface area contributed by atoms with Gasteiger partial charge in [-0.05, 0) is 37.3 Å². The van der Waals surface area contributed by atoms with Crippen molar-refractivity contribution < 1.29 is 14.6 Å². The van der Waals surface area contributed by atoms with Gasteiger partial charge in [0, 0.05) is 13.3 Å². The molecule has 0 aromatic rings. The van der Waals surface area contributed by atoms with E-state index < -0.39 is 5.60 Å². The minimum atomic E-state index is -1.00. The first kappa shape index (κ1) is 16.7. The summed E-state index contributed by atoms with van der Waals surface area (Å²) in [7, 11) is 0. The van der Waals surface area contributed by atoms with Crippen LogP contribution in [0.3, 0.4) is 0 Å². The molecule has 112 valence electrons. The molecule has 1 N–H and O–H groups in total. The number of allylic oxidation sites excluding steroid dienone is 2. The van der Waals surface area contributed by atoms with E-state index in [0.717, 1.165) is 12.8 Å². The van der Waals surface area contributed by atoms with Gasteiger partial charge in [-0.3, -0.25) is 4.79 Å². The SMILES string of the molecule is C=CC(C)(O)/C=C/C1=C(C)CC(OC(C)=O)CC1(C)C. The van der Waals surface area contributed by atoms with Crippen molar-refractivity contribution in [1.29, 1.82) is 0 Å². The largest absolute Gasteiger partial charge is 0.462 e. The zero-order valence-corrected chi connectivity index (χ0v) is 13.2. The molecule has 0 aliphatic heterocycles. The third kappa shape index (κ3) is 4.34. The first-order chi connectivity index (χ1) is 9.07. The second kappa shape index (κ2) is 5.96. The van der Waals surface area contributed by atoms with Crippen molar-refractivity contribution in [1.82, 2.24) is 0 Å². The summed E-state index contributed by atoms with van der Waals surface area (Å²) in [5, 5.41) is 9.98. The second-order valence-electron chi connectivity index (χ2n) is 6.48. The lowest BCUT2D eigenvalue weighted by atomic mass is 9.71. The highest BCUT2D eigenvalue weighted by Crippen LogP contribution is 2.42. The van der Waals surface area contributed by atoms with E-state index in [1.54, 1.807) is 13.0 Å². The first-order valence-electron chi connectivity index (χ1n) is 7.00. The molecule has 0 spiro atoms. The highest BCUT2D eigenvalue weighted by atomic mass is 16.5. The van der Waals surface area contributed by atoms with Gasteiger partial charge >= 0.3 is 5.97 Å². The van der Waals surface area contributed by atoms with E-state index in [-0.39, 0.29) is 17.5 Å². The molecule has 1 rings (SSSR count). The maximum atomic E-state index is 11.1. The normalized spacial score (nSPS) is 25.4. The Morgan fingerprint density at radius 3 is 2.60 bits per heavy atom. The molecular formula is C17H26O3. The van der Waals surface area contributed by atoms with E-state index in [1.165, 1.54) is 24.1 Å². The smallest absolute Gasteiger partial charge is 0.302 e. The third-order valence-corrected chi connectivity index (χ3v) is 3.79. The molecule has 20 heavy (non-hydrogen) atoms. The van der Waals surface area contributed by atoms with E-state index in [0.29, 0.717) is 0 Å². The Labute approximate surface area is 122 Å². The van der Waals surface area contributed by atoms with Crippen molar-refractivity contribution >= 4 is 5.97 Å². The average Bonchev–Trinajstić information content (AvgIpc) is 2.25. The fraction of sp³-hybridized carbons (Fsp3) is 0.588. The molecule has 0 radical (unpaired) electrons. The summed E-state index contributed by atoms with van der Waals surface area (Å²) in [6, 6.07) is 0. The molecule has 0 saturated heterocycles. The van der Waals surface area contributed by atoms with Crippen LogP contribution in [0.4, 0.5) is 0 Å². The van der Waals surface area contributed by atoms with Crippen LogP contribution in [0.25, 0.3) is 0 Å². The Balaban J connectivity index is 3.00. The standard InChI is InChI=1S/C17H26O3/c1-7-17(6,19)9-8-15-12(2)10-14(20-13(3)18)11-16(15,4)5/h7-9,14,19H,1,10-11H2,2-6H3/b9-8+. The Morgan fingerprint density at radius 2 is 2.15 bits per heavy atom. The van der Waals surface area contributed by atoms with Crippen LogP contribution in [0.15, 0.2) is 36.0 Å². The van der Waals surface area contributed by atoms with Crippen LogP contribution in [0.1, 0.15) is 47.5 Å². The van der Waals surface area contributed by atoms with E-state index in [9.17, 15) is 9.90 Å².